The van der Waals surface area contributed by atoms with E-state index >= 15 is 0 Å². The number of allylic oxidation sites excluding steroid dienone is 4. The Bertz CT molecular complexity index is 592. The topological polar surface area (TPSA) is 29.5 Å². The smallest absolute Gasteiger partial charge is 0.306 e. The van der Waals surface area contributed by atoms with E-state index in [1.165, 1.54) is 69.8 Å². The minimum absolute atomic E-state index is 0.00401. The van der Waals surface area contributed by atoms with Gasteiger partial charge in [-0.3, -0.25) is 4.79 Å². The first-order valence-electron chi connectivity index (χ1n) is 14.5. The van der Waals surface area contributed by atoms with Gasteiger partial charge < -0.3 is 9.64 Å². The predicted molar refractivity (Wildman–Crippen MR) is 154 cm³/mol. The van der Waals surface area contributed by atoms with E-state index in [4.69, 9.17) is 4.74 Å². The zero-order valence-corrected chi connectivity index (χ0v) is 23.6. The molecule has 0 aliphatic rings. The van der Waals surface area contributed by atoms with E-state index < -0.39 is 0 Å². The normalized spacial score (nSPS) is 12.0. The van der Waals surface area contributed by atoms with Crippen molar-refractivity contribution in [3.8, 4) is 0 Å². The predicted octanol–water partition coefficient (Wildman–Crippen LogP) is 10.1. The van der Waals surface area contributed by atoms with Crippen molar-refractivity contribution in [3.05, 3.63) is 49.4 Å². The van der Waals surface area contributed by atoms with Crippen LogP contribution in [0.1, 0.15) is 136 Å². The van der Waals surface area contributed by atoms with Crippen molar-refractivity contribution in [1.29, 1.82) is 0 Å². The number of ether oxygens (including phenoxy) is 1. The van der Waals surface area contributed by atoms with Crippen molar-refractivity contribution in [3.63, 3.8) is 0 Å². The Hall–Kier alpha value is -1.77. The highest BCUT2D eigenvalue weighted by Gasteiger charge is 2.12. The third kappa shape index (κ3) is 21.2. The van der Waals surface area contributed by atoms with Crippen LogP contribution in [-0.2, 0) is 9.53 Å². The molecule has 0 aromatic heterocycles. The van der Waals surface area contributed by atoms with Gasteiger partial charge in [0.2, 0.25) is 0 Å². The Morgan fingerprint density at radius 3 is 2.00 bits per heavy atom. The maximum atomic E-state index is 12.2. The zero-order chi connectivity index (χ0) is 26.2. The average molecular weight is 488 g/mol. The fourth-order valence-corrected chi connectivity index (χ4v) is 4.28. The van der Waals surface area contributed by atoms with Crippen LogP contribution in [0.5, 0.6) is 0 Å². The summed E-state index contributed by atoms with van der Waals surface area (Å²) in [5, 5.41) is 0. The largest absolute Gasteiger partial charge is 0.462 e. The van der Waals surface area contributed by atoms with E-state index in [1.807, 2.05) is 19.2 Å². The van der Waals surface area contributed by atoms with Crippen LogP contribution < -0.4 is 0 Å². The highest BCUT2D eigenvalue weighted by molar-refractivity contribution is 5.69. The van der Waals surface area contributed by atoms with Crippen LogP contribution in [-0.4, -0.2) is 23.5 Å². The van der Waals surface area contributed by atoms with E-state index in [0.29, 0.717) is 6.42 Å². The van der Waals surface area contributed by atoms with Crippen LogP contribution >= 0.6 is 0 Å². The fourth-order valence-electron chi connectivity index (χ4n) is 4.28. The molecule has 0 aromatic rings. The molecule has 0 aliphatic carbocycles. The number of unbranched alkanes of at least 4 members (excludes halogenated alkanes) is 10. The molecule has 0 fully saturated rings. The molecule has 1 unspecified atom stereocenters. The number of nitrogens with zero attached hydrogens (tertiary/aromatic N) is 1. The number of hydrogen-bond donors (Lipinski definition) is 0. The number of hydrogen-bond acceptors (Lipinski definition) is 3. The quantitative estimate of drug-likeness (QED) is 0.0555. The first-order valence-corrected chi connectivity index (χ1v) is 14.5. The Balaban J connectivity index is 3.69. The Morgan fingerprint density at radius 1 is 0.829 bits per heavy atom. The van der Waals surface area contributed by atoms with Crippen LogP contribution in [0.15, 0.2) is 49.4 Å². The molecule has 3 heteroatoms. The Morgan fingerprint density at radius 2 is 1.40 bits per heavy atom. The number of carbonyl (C=O) groups is 1. The molecule has 0 aromatic carbocycles. The number of carbonyl (C=O) groups excluding carboxylic acids is 1. The molecule has 0 rings (SSSR count). The van der Waals surface area contributed by atoms with Crippen molar-refractivity contribution in [1.82, 2.24) is 4.90 Å². The van der Waals surface area contributed by atoms with Gasteiger partial charge in [0.25, 0.3) is 0 Å². The SMILES string of the molecule is C=C/C=C\N(CCCC(=C)CCCCCCCCC(=O)OC(CC)CCCCCCCC)C(=C)C. The maximum absolute atomic E-state index is 12.2. The number of rotatable bonds is 25. The summed E-state index contributed by atoms with van der Waals surface area (Å²) in [4.78, 5) is 14.3. The van der Waals surface area contributed by atoms with Crippen LogP contribution in [0.4, 0.5) is 0 Å². The van der Waals surface area contributed by atoms with Crippen LogP contribution in [0, 0.1) is 0 Å². The van der Waals surface area contributed by atoms with Gasteiger partial charge in [-0.15, -0.1) is 0 Å². The summed E-state index contributed by atoms with van der Waals surface area (Å²) >= 11 is 0. The Labute approximate surface area is 218 Å². The van der Waals surface area contributed by atoms with E-state index in [2.05, 4.69) is 38.5 Å². The van der Waals surface area contributed by atoms with Gasteiger partial charge in [-0.25, -0.2) is 0 Å². The minimum atomic E-state index is 0.00401. The number of esters is 1. The van der Waals surface area contributed by atoms with Gasteiger partial charge in [-0.2, -0.15) is 0 Å². The molecule has 202 valence electrons. The van der Waals surface area contributed by atoms with Crippen LogP contribution in [0.3, 0.4) is 0 Å². The van der Waals surface area contributed by atoms with Gasteiger partial charge in [-0.1, -0.05) is 103 Å². The Kier molecular flexibility index (Phi) is 22.7. The van der Waals surface area contributed by atoms with E-state index in [1.54, 1.807) is 6.08 Å². The monoisotopic (exact) mass is 487 g/mol. The summed E-state index contributed by atoms with van der Waals surface area (Å²) < 4.78 is 5.71. The van der Waals surface area contributed by atoms with Crippen molar-refractivity contribution in [2.75, 3.05) is 6.54 Å². The molecule has 0 saturated carbocycles. The maximum Gasteiger partial charge on any atom is 0.306 e. The lowest BCUT2D eigenvalue weighted by atomic mass is 10.0. The summed E-state index contributed by atoms with van der Waals surface area (Å²) in [5.41, 5.74) is 2.41. The lowest BCUT2D eigenvalue weighted by Gasteiger charge is -2.20. The fraction of sp³-hybridized carbons (Fsp3) is 0.719. The van der Waals surface area contributed by atoms with Gasteiger partial charge in [0, 0.05) is 24.9 Å². The van der Waals surface area contributed by atoms with Crippen molar-refractivity contribution >= 4 is 5.97 Å². The third-order valence-electron chi connectivity index (χ3n) is 6.62. The molecule has 0 amide bonds. The van der Waals surface area contributed by atoms with Gasteiger partial charge in [0.05, 0.1) is 0 Å². The highest BCUT2D eigenvalue weighted by atomic mass is 16.5. The minimum Gasteiger partial charge on any atom is -0.462 e. The zero-order valence-electron chi connectivity index (χ0n) is 23.6. The summed E-state index contributed by atoms with van der Waals surface area (Å²) in [5.74, 6) is 0.00401. The van der Waals surface area contributed by atoms with Gasteiger partial charge in [-0.05, 0) is 64.4 Å². The van der Waals surface area contributed by atoms with Crippen LogP contribution in [0.25, 0.3) is 0 Å². The van der Waals surface area contributed by atoms with E-state index in [-0.39, 0.29) is 12.1 Å². The van der Waals surface area contributed by atoms with E-state index in [9.17, 15) is 4.79 Å². The second-order valence-electron chi connectivity index (χ2n) is 10.1. The van der Waals surface area contributed by atoms with Crippen molar-refractivity contribution in [2.24, 2.45) is 0 Å². The second kappa shape index (κ2) is 23.9. The lowest BCUT2D eigenvalue weighted by molar-refractivity contribution is -0.149. The van der Waals surface area contributed by atoms with Crippen LogP contribution in [0.2, 0.25) is 0 Å². The molecular weight excluding hydrogens is 430 g/mol. The molecule has 3 nitrogen and oxygen atoms in total. The molecule has 0 aliphatic heterocycles. The molecule has 0 radical (unpaired) electrons. The molecule has 1 atom stereocenters. The third-order valence-corrected chi connectivity index (χ3v) is 6.62. The summed E-state index contributed by atoms with van der Waals surface area (Å²) in [6.07, 6.45) is 26.5. The molecule has 0 heterocycles. The van der Waals surface area contributed by atoms with Gasteiger partial charge >= 0.3 is 5.97 Å². The molecule has 35 heavy (non-hydrogen) atoms. The molecular formula is C32H57NO2. The van der Waals surface area contributed by atoms with Gasteiger partial charge in [0.1, 0.15) is 6.10 Å². The average Bonchev–Trinajstić information content (AvgIpc) is 2.83. The molecule has 0 saturated heterocycles. The van der Waals surface area contributed by atoms with Crippen molar-refractivity contribution < 1.29 is 9.53 Å². The molecule has 0 bridgehead atoms. The summed E-state index contributed by atoms with van der Waals surface area (Å²) in [6, 6.07) is 0. The summed E-state index contributed by atoms with van der Waals surface area (Å²) in [6.45, 7) is 19.4. The molecule has 0 N–H and O–H groups in total. The first kappa shape index (κ1) is 33.2. The van der Waals surface area contributed by atoms with E-state index in [0.717, 1.165) is 57.2 Å². The highest BCUT2D eigenvalue weighted by Crippen LogP contribution is 2.17. The second-order valence-corrected chi connectivity index (χ2v) is 10.1. The van der Waals surface area contributed by atoms with Crippen molar-refractivity contribution in [2.45, 2.75) is 142 Å². The first-order chi connectivity index (χ1) is 16.9. The summed E-state index contributed by atoms with van der Waals surface area (Å²) in [7, 11) is 0. The van der Waals surface area contributed by atoms with Gasteiger partial charge in [0.15, 0.2) is 0 Å². The molecule has 0 spiro atoms. The lowest BCUT2D eigenvalue weighted by Crippen LogP contribution is -2.17. The standard InChI is InChI=1S/C32H57NO2/c1-7-10-12-13-17-20-25-31(9-3)35-32(34)26-21-18-15-14-16-19-23-30(6)24-22-28-33(29(4)5)27-11-8-2/h8,11,27,31H,2,4,6-7,9-10,12-26,28H2,1,3,5H3/b27-11-.